The number of aliphatic imine (C=N–C) groups is 1. The first-order valence-corrected chi connectivity index (χ1v) is 7.33. The van der Waals surface area contributed by atoms with Gasteiger partial charge in [0.05, 0.1) is 12.1 Å². The van der Waals surface area contributed by atoms with Gasteiger partial charge in [-0.3, -0.25) is 9.79 Å². The lowest BCUT2D eigenvalue weighted by atomic mass is 9.93. The molecule has 6 heteroatoms. The van der Waals surface area contributed by atoms with Gasteiger partial charge in [0.15, 0.2) is 5.17 Å². The summed E-state index contributed by atoms with van der Waals surface area (Å²) in [7, 11) is 3.55. The fourth-order valence-electron chi connectivity index (χ4n) is 2.10. The zero-order valence-corrected chi connectivity index (χ0v) is 11.9. The normalized spacial score (nSPS) is 24.2. The van der Waals surface area contributed by atoms with E-state index in [0.29, 0.717) is 13.0 Å². The Balaban J connectivity index is 1.79. The molecule has 0 radical (unpaired) electrons. The van der Waals surface area contributed by atoms with Gasteiger partial charge in [-0.2, -0.15) is 0 Å². The molecule has 0 bridgehead atoms. The highest BCUT2D eigenvalue weighted by atomic mass is 32.2. The Labute approximate surface area is 112 Å². The average molecular weight is 271 g/mol. The van der Waals surface area contributed by atoms with E-state index < -0.39 is 0 Å². The second kappa shape index (κ2) is 5.93. The van der Waals surface area contributed by atoms with Crippen molar-refractivity contribution >= 4 is 22.8 Å². The molecule has 2 aliphatic heterocycles. The van der Waals surface area contributed by atoms with Crippen LogP contribution in [0, 0.1) is 0 Å². The fraction of sp³-hybridized carbons (Fsp3) is 0.833. The van der Waals surface area contributed by atoms with E-state index in [1.54, 1.807) is 30.8 Å². The van der Waals surface area contributed by atoms with Gasteiger partial charge in [0, 0.05) is 39.5 Å². The van der Waals surface area contributed by atoms with E-state index in [2.05, 4.69) is 10.3 Å². The first-order valence-electron chi connectivity index (χ1n) is 6.35. The van der Waals surface area contributed by atoms with Crippen molar-refractivity contribution in [2.24, 2.45) is 4.99 Å². The molecule has 0 aliphatic carbocycles. The topological polar surface area (TPSA) is 53.9 Å². The minimum absolute atomic E-state index is 0.128. The molecule has 18 heavy (non-hydrogen) atoms. The highest BCUT2D eigenvalue weighted by molar-refractivity contribution is 8.14. The highest BCUT2D eigenvalue weighted by Gasteiger charge is 2.38. The number of carbonyl (C=O) groups excluding carboxylic acids is 1. The number of hydrogen-bond acceptors (Lipinski definition) is 4. The SMILES string of the molecule is CN(C)C(=O)CCN=C1NC2(CCOCC2)CS1. The summed E-state index contributed by atoms with van der Waals surface area (Å²) in [5, 5.41) is 4.51. The Kier molecular flexibility index (Phi) is 4.50. The maximum Gasteiger partial charge on any atom is 0.223 e. The summed E-state index contributed by atoms with van der Waals surface area (Å²) in [4.78, 5) is 17.5. The molecule has 0 atom stereocenters. The lowest BCUT2D eigenvalue weighted by Crippen LogP contribution is -2.48. The smallest absolute Gasteiger partial charge is 0.223 e. The standard InChI is InChI=1S/C12H21N3O2S/c1-15(2)10(16)3-6-13-11-14-12(9-18-11)4-7-17-8-5-12/h3-9H2,1-2H3,(H,13,14). The number of carbonyl (C=O) groups is 1. The Morgan fingerprint density at radius 2 is 2.22 bits per heavy atom. The molecule has 0 unspecified atom stereocenters. The lowest BCUT2D eigenvalue weighted by molar-refractivity contribution is -0.128. The third-order valence-corrected chi connectivity index (χ3v) is 4.59. The van der Waals surface area contributed by atoms with Gasteiger partial charge >= 0.3 is 0 Å². The third kappa shape index (κ3) is 3.38. The number of amides is 1. The van der Waals surface area contributed by atoms with Crippen LogP contribution in [0.15, 0.2) is 4.99 Å². The van der Waals surface area contributed by atoms with Gasteiger partial charge < -0.3 is 15.0 Å². The van der Waals surface area contributed by atoms with Crippen LogP contribution < -0.4 is 5.32 Å². The fourth-order valence-corrected chi connectivity index (χ4v) is 3.34. The molecule has 0 aromatic carbocycles. The molecule has 0 saturated carbocycles. The van der Waals surface area contributed by atoms with Crippen LogP contribution >= 0.6 is 11.8 Å². The van der Waals surface area contributed by atoms with Gasteiger partial charge in [0.1, 0.15) is 0 Å². The molecule has 2 aliphatic rings. The van der Waals surface area contributed by atoms with Gasteiger partial charge in [0.25, 0.3) is 0 Å². The summed E-state index contributed by atoms with van der Waals surface area (Å²) in [6, 6.07) is 0. The Morgan fingerprint density at radius 3 is 2.89 bits per heavy atom. The van der Waals surface area contributed by atoms with Gasteiger partial charge in [-0.05, 0) is 12.8 Å². The zero-order chi connectivity index (χ0) is 13.0. The van der Waals surface area contributed by atoms with E-state index in [0.717, 1.165) is 37.0 Å². The van der Waals surface area contributed by atoms with Crippen LogP contribution in [-0.4, -0.2) is 61.1 Å². The predicted octanol–water partition coefficient (Wildman–Crippen LogP) is 0.706. The summed E-state index contributed by atoms with van der Waals surface area (Å²) < 4.78 is 5.39. The van der Waals surface area contributed by atoms with E-state index in [1.807, 2.05) is 0 Å². The number of rotatable bonds is 3. The number of thioether (sulfide) groups is 1. The van der Waals surface area contributed by atoms with Crippen LogP contribution in [0.25, 0.3) is 0 Å². The molecule has 0 aromatic heterocycles. The molecule has 102 valence electrons. The van der Waals surface area contributed by atoms with Crippen molar-refractivity contribution in [3.05, 3.63) is 0 Å². The van der Waals surface area contributed by atoms with Crippen LogP contribution in [0.4, 0.5) is 0 Å². The van der Waals surface area contributed by atoms with E-state index in [4.69, 9.17) is 4.74 Å². The maximum atomic E-state index is 11.4. The summed E-state index contributed by atoms with van der Waals surface area (Å²) in [5.41, 5.74) is 0.188. The number of ether oxygens (including phenoxy) is 1. The van der Waals surface area contributed by atoms with Crippen molar-refractivity contribution in [1.29, 1.82) is 0 Å². The second-order valence-corrected chi connectivity index (χ2v) is 6.00. The molecule has 1 amide bonds. The van der Waals surface area contributed by atoms with Gasteiger partial charge in [0.2, 0.25) is 5.91 Å². The van der Waals surface area contributed by atoms with Crippen LogP contribution in [0.5, 0.6) is 0 Å². The molecular formula is C12H21N3O2S. The molecular weight excluding hydrogens is 250 g/mol. The minimum atomic E-state index is 0.128. The first kappa shape index (κ1) is 13.7. The maximum absolute atomic E-state index is 11.4. The van der Waals surface area contributed by atoms with Crippen LogP contribution in [-0.2, 0) is 9.53 Å². The summed E-state index contributed by atoms with van der Waals surface area (Å²) >= 11 is 1.77. The van der Waals surface area contributed by atoms with Crippen molar-refractivity contribution in [1.82, 2.24) is 10.2 Å². The van der Waals surface area contributed by atoms with Gasteiger partial charge in [-0.25, -0.2) is 0 Å². The minimum Gasteiger partial charge on any atom is -0.381 e. The number of amidine groups is 1. The van der Waals surface area contributed by atoms with Crippen molar-refractivity contribution in [2.45, 2.75) is 24.8 Å². The van der Waals surface area contributed by atoms with Crippen molar-refractivity contribution in [3.8, 4) is 0 Å². The molecule has 1 N–H and O–H groups in total. The zero-order valence-electron chi connectivity index (χ0n) is 11.1. The van der Waals surface area contributed by atoms with Crippen LogP contribution in [0.3, 0.4) is 0 Å². The monoisotopic (exact) mass is 271 g/mol. The number of nitrogens with one attached hydrogen (secondary N) is 1. The molecule has 0 aromatic rings. The molecule has 2 heterocycles. The second-order valence-electron chi connectivity index (χ2n) is 5.03. The third-order valence-electron chi connectivity index (χ3n) is 3.39. The molecule has 2 fully saturated rings. The molecule has 2 saturated heterocycles. The Hall–Kier alpha value is -0.750. The molecule has 1 spiro atoms. The van der Waals surface area contributed by atoms with Crippen molar-refractivity contribution in [3.63, 3.8) is 0 Å². The summed E-state index contributed by atoms with van der Waals surface area (Å²) in [6.45, 7) is 2.23. The molecule has 2 rings (SSSR count). The van der Waals surface area contributed by atoms with Crippen LogP contribution in [0.2, 0.25) is 0 Å². The lowest BCUT2D eigenvalue weighted by Gasteiger charge is -2.32. The van der Waals surface area contributed by atoms with Gasteiger partial charge in [-0.15, -0.1) is 0 Å². The average Bonchev–Trinajstić information content (AvgIpc) is 2.73. The van der Waals surface area contributed by atoms with E-state index >= 15 is 0 Å². The number of nitrogens with zero attached hydrogens (tertiary/aromatic N) is 2. The molecule has 5 nitrogen and oxygen atoms in total. The highest BCUT2D eigenvalue weighted by Crippen LogP contribution is 2.31. The Bertz CT molecular complexity index is 338. The van der Waals surface area contributed by atoms with Gasteiger partial charge in [-0.1, -0.05) is 11.8 Å². The largest absolute Gasteiger partial charge is 0.381 e. The van der Waals surface area contributed by atoms with Crippen molar-refractivity contribution in [2.75, 3.05) is 39.6 Å². The van der Waals surface area contributed by atoms with E-state index in [1.165, 1.54) is 0 Å². The predicted molar refractivity (Wildman–Crippen MR) is 74.0 cm³/mol. The first-order chi connectivity index (χ1) is 8.61. The number of hydrogen-bond donors (Lipinski definition) is 1. The van der Waals surface area contributed by atoms with Crippen LogP contribution in [0.1, 0.15) is 19.3 Å². The van der Waals surface area contributed by atoms with E-state index in [-0.39, 0.29) is 11.4 Å². The van der Waals surface area contributed by atoms with Crippen molar-refractivity contribution < 1.29 is 9.53 Å². The summed E-state index contributed by atoms with van der Waals surface area (Å²) in [5.74, 6) is 1.19. The van der Waals surface area contributed by atoms with E-state index in [9.17, 15) is 4.79 Å². The Morgan fingerprint density at radius 1 is 1.50 bits per heavy atom. The summed E-state index contributed by atoms with van der Waals surface area (Å²) in [6.07, 6.45) is 2.58. The quantitative estimate of drug-likeness (QED) is 0.821.